The highest BCUT2D eigenvalue weighted by atomic mass is 32.2. The van der Waals surface area contributed by atoms with Crippen molar-refractivity contribution in [1.29, 1.82) is 0 Å². The summed E-state index contributed by atoms with van der Waals surface area (Å²) < 4.78 is 4.47. The Morgan fingerprint density at radius 2 is 1.21 bits per heavy atom. The van der Waals surface area contributed by atoms with Crippen molar-refractivity contribution < 1.29 is 24.2 Å². The summed E-state index contributed by atoms with van der Waals surface area (Å²) in [7, 11) is 0. The number of benzene rings is 3. The number of hydrogen-bond acceptors (Lipinski definition) is 5. The van der Waals surface area contributed by atoms with E-state index in [-0.39, 0.29) is 5.75 Å². The number of thioether (sulfide) groups is 1. The second kappa shape index (κ2) is 12.6. The number of alkyl carbamates (subject to hydrolysis) is 1. The second-order valence-corrected chi connectivity index (χ2v) is 11.1. The first-order chi connectivity index (χ1) is 18.0. The lowest BCUT2D eigenvalue weighted by atomic mass is 9.84. The molecule has 3 aromatic rings. The SMILES string of the molecule is C[C@H](NC(=O)OC(C)(C)C)C(=O)N[C@@H](CSC(c1ccccc1)(c1ccccc1)c1ccccc1)C(=O)O. The quantitative estimate of drug-likeness (QED) is 0.309. The van der Waals surface area contributed by atoms with Crippen LogP contribution in [0.25, 0.3) is 0 Å². The number of carbonyl (C=O) groups excluding carboxylic acids is 2. The van der Waals surface area contributed by atoms with Crippen LogP contribution < -0.4 is 10.6 Å². The van der Waals surface area contributed by atoms with Gasteiger partial charge in [-0.15, -0.1) is 11.8 Å². The molecular formula is C30H34N2O5S. The molecule has 0 bridgehead atoms. The van der Waals surface area contributed by atoms with Gasteiger partial charge in [0.05, 0.1) is 4.75 Å². The highest BCUT2D eigenvalue weighted by Gasteiger charge is 2.38. The fraction of sp³-hybridized carbons (Fsp3) is 0.300. The van der Waals surface area contributed by atoms with Gasteiger partial charge in [0.15, 0.2) is 0 Å². The fourth-order valence-electron chi connectivity index (χ4n) is 4.00. The smallest absolute Gasteiger partial charge is 0.408 e. The van der Waals surface area contributed by atoms with Gasteiger partial charge >= 0.3 is 12.1 Å². The molecule has 0 aromatic heterocycles. The lowest BCUT2D eigenvalue weighted by Crippen LogP contribution is -2.52. The average Bonchev–Trinajstić information content (AvgIpc) is 2.88. The third-order valence-corrected chi connectivity index (χ3v) is 7.39. The maximum absolute atomic E-state index is 12.8. The number of rotatable bonds is 10. The van der Waals surface area contributed by atoms with Gasteiger partial charge in [-0.1, -0.05) is 91.0 Å². The van der Waals surface area contributed by atoms with Gasteiger partial charge in [0, 0.05) is 5.75 Å². The first kappa shape index (κ1) is 28.8. The molecule has 0 aliphatic rings. The van der Waals surface area contributed by atoms with Crippen molar-refractivity contribution in [2.75, 3.05) is 5.75 Å². The number of aliphatic carboxylic acids is 1. The molecule has 3 rings (SSSR count). The Bertz CT molecular complexity index is 1120. The summed E-state index contributed by atoms with van der Waals surface area (Å²) in [6.45, 7) is 6.63. The third-order valence-electron chi connectivity index (χ3n) is 5.75. The zero-order valence-corrected chi connectivity index (χ0v) is 22.8. The molecule has 2 atom stereocenters. The van der Waals surface area contributed by atoms with Crippen LogP contribution in [0.2, 0.25) is 0 Å². The van der Waals surface area contributed by atoms with E-state index in [1.54, 1.807) is 20.8 Å². The minimum atomic E-state index is -1.20. The molecule has 0 radical (unpaired) electrons. The normalized spacial score (nSPS) is 13.2. The van der Waals surface area contributed by atoms with Crippen LogP contribution in [0.3, 0.4) is 0 Å². The van der Waals surface area contributed by atoms with Crippen molar-refractivity contribution in [3.05, 3.63) is 108 Å². The fourth-order valence-corrected chi connectivity index (χ4v) is 5.55. The molecule has 7 nitrogen and oxygen atoms in total. The number of ether oxygens (including phenoxy) is 1. The Kier molecular flexibility index (Phi) is 9.58. The predicted molar refractivity (Wildman–Crippen MR) is 150 cm³/mol. The van der Waals surface area contributed by atoms with Gasteiger partial charge in [-0.05, 0) is 44.4 Å². The summed E-state index contributed by atoms with van der Waals surface area (Å²) in [6, 6.07) is 27.5. The second-order valence-electron chi connectivity index (χ2n) is 9.86. The molecule has 0 spiro atoms. The van der Waals surface area contributed by atoms with Crippen LogP contribution in [-0.2, 0) is 19.1 Å². The van der Waals surface area contributed by atoms with Crippen LogP contribution in [0.4, 0.5) is 4.79 Å². The number of nitrogens with one attached hydrogen (secondary N) is 2. The van der Waals surface area contributed by atoms with E-state index in [1.165, 1.54) is 18.7 Å². The molecule has 8 heteroatoms. The summed E-state index contributed by atoms with van der Waals surface area (Å²) in [6.07, 6.45) is -0.752. The Hall–Kier alpha value is -3.78. The molecule has 0 saturated carbocycles. The van der Waals surface area contributed by atoms with Crippen molar-refractivity contribution in [1.82, 2.24) is 10.6 Å². The number of amides is 2. The molecule has 200 valence electrons. The van der Waals surface area contributed by atoms with Gasteiger partial charge in [-0.2, -0.15) is 0 Å². The number of carboxylic acid groups (broad SMARTS) is 1. The van der Waals surface area contributed by atoms with Gasteiger partial charge in [-0.25, -0.2) is 9.59 Å². The number of carbonyl (C=O) groups is 3. The van der Waals surface area contributed by atoms with E-state index in [9.17, 15) is 19.5 Å². The molecule has 38 heavy (non-hydrogen) atoms. The highest BCUT2D eigenvalue weighted by molar-refractivity contribution is 8.00. The van der Waals surface area contributed by atoms with Crippen LogP contribution in [0.1, 0.15) is 44.4 Å². The Balaban J connectivity index is 1.90. The van der Waals surface area contributed by atoms with Gasteiger partial charge < -0.3 is 20.5 Å². The van der Waals surface area contributed by atoms with E-state index in [2.05, 4.69) is 10.6 Å². The summed E-state index contributed by atoms with van der Waals surface area (Å²) >= 11 is 1.43. The highest BCUT2D eigenvalue weighted by Crippen LogP contribution is 2.48. The molecule has 0 aliphatic carbocycles. The summed E-state index contributed by atoms with van der Waals surface area (Å²) in [5.41, 5.74) is 2.23. The molecule has 0 aliphatic heterocycles. The van der Waals surface area contributed by atoms with E-state index in [1.807, 2.05) is 91.0 Å². The third kappa shape index (κ3) is 7.38. The van der Waals surface area contributed by atoms with Gasteiger partial charge in [-0.3, -0.25) is 4.79 Å². The molecule has 0 heterocycles. The summed E-state index contributed by atoms with van der Waals surface area (Å²) in [5.74, 6) is -1.72. The van der Waals surface area contributed by atoms with Crippen molar-refractivity contribution in [3.63, 3.8) is 0 Å². The van der Waals surface area contributed by atoms with Crippen molar-refractivity contribution in [2.24, 2.45) is 0 Å². The van der Waals surface area contributed by atoms with Gasteiger partial charge in [0.1, 0.15) is 17.7 Å². The van der Waals surface area contributed by atoms with Gasteiger partial charge in [0.25, 0.3) is 0 Å². The van der Waals surface area contributed by atoms with E-state index in [4.69, 9.17) is 4.74 Å². The van der Waals surface area contributed by atoms with Crippen LogP contribution in [0.15, 0.2) is 91.0 Å². The molecule has 2 amide bonds. The zero-order chi connectivity index (χ0) is 27.8. The van der Waals surface area contributed by atoms with Crippen LogP contribution in [-0.4, -0.2) is 46.5 Å². The molecule has 0 unspecified atom stereocenters. The average molecular weight is 535 g/mol. The number of hydrogen-bond donors (Lipinski definition) is 3. The monoisotopic (exact) mass is 534 g/mol. The minimum absolute atomic E-state index is 0.0684. The number of carboxylic acids is 1. The lowest BCUT2D eigenvalue weighted by molar-refractivity contribution is -0.141. The van der Waals surface area contributed by atoms with Crippen molar-refractivity contribution >= 4 is 29.7 Å². The van der Waals surface area contributed by atoms with Crippen molar-refractivity contribution in [3.8, 4) is 0 Å². The molecule has 3 aromatic carbocycles. The predicted octanol–water partition coefficient (Wildman–Crippen LogP) is 5.19. The molecule has 0 saturated heterocycles. The lowest BCUT2D eigenvalue weighted by Gasteiger charge is -2.36. The largest absolute Gasteiger partial charge is 0.480 e. The molecular weight excluding hydrogens is 500 g/mol. The van der Waals surface area contributed by atoms with Gasteiger partial charge in [0.2, 0.25) is 5.91 Å². The van der Waals surface area contributed by atoms with E-state index in [0.717, 1.165) is 16.7 Å². The zero-order valence-electron chi connectivity index (χ0n) is 22.0. The standard InChI is InChI=1S/C30H34N2O5S/c1-21(31-28(36)37-29(2,3)4)26(33)32-25(27(34)35)20-38-30(22-14-8-5-9-15-22,23-16-10-6-11-17-23)24-18-12-7-13-19-24/h5-19,21,25H,20H2,1-4H3,(H,31,36)(H,32,33)(H,34,35)/t21-,25-/m0/s1. The van der Waals surface area contributed by atoms with E-state index >= 15 is 0 Å². The molecule has 0 fully saturated rings. The van der Waals surface area contributed by atoms with Crippen LogP contribution in [0, 0.1) is 0 Å². The topological polar surface area (TPSA) is 105 Å². The first-order valence-electron chi connectivity index (χ1n) is 12.4. The Morgan fingerprint density at radius 1 is 0.789 bits per heavy atom. The van der Waals surface area contributed by atoms with E-state index in [0.29, 0.717) is 0 Å². The maximum Gasteiger partial charge on any atom is 0.408 e. The Labute approximate surface area is 228 Å². The first-order valence-corrected chi connectivity index (χ1v) is 13.3. The molecule has 3 N–H and O–H groups in total. The van der Waals surface area contributed by atoms with Crippen molar-refractivity contribution in [2.45, 2.75) is 50.1 Å². The Morgan fingerprint density at radius 3 is 1.58 bits per heavy atom. The summed E-state index contributed by atoms with van der Waals surface area (Å²) in [4.78, 5) is 37.2. The van der Waals surface area contributed by atoms with E-state index < -0.39 is 40.4 Å². The van der Waals surface area contributed by atoms with Crippen LogP contribution >= 0.6 is 11.8 Å². The van der Waals surface area contributed by atoms with Crippen LogP contribution in [0.5, 0.6) is 0 Å². The minimum Gasteiger partial charge on any atom is -0.480 e. The maximum atomic E-state index is 12.8. The summed E-state index contributed by atoms with van der Waals surface area (Å²) in [5, 5.41) is 15.0.